The zero-order chi connectivity index (χ0) is 10.2. The second-order valence-electron chi connectivity index (χ2n) is 3.79. The van der Waals surface area contributed by atoms with E-state index >= 15 is 0 Å². The Balaban J connectivity index is 2.79. The zero-order valence-electron chi connectivity index (χ0n) is 7.41. The fourth-order valence-electron chi connectivity index (χ4n) is 1.66. The van der Waals surface area contributed by atoms with Crippen LogP contribution in [0.3, 0.4) is 0 Å². The van der Waals surface area contributed by atoms with Crippen molar-refractivity contribution in [3.05, 3.63) is 11.1 Å². The zero-order valence-corrected chi connectivity index (χ0v) is 8.17. The lowest BCUT2D eigenvalue weighted by molar-refractivity contribution is -0.139. The van der Waals surface area contributed by atoms with Crippen LogP contribution in [0.25, 0.3) is 0 Å². The van der Waals surface area contributed by atoms with Crippen molar-refractivity contribution in [3.8, 4) is 6.07 Å². The third-order valence-electron chi connectivity index (χ3n) is 2.61. The molecule has 1 aliphatic carbocycles. The molecular formula is C9H10ClNO2. The average molecular weight is 200 g/mol. The summed E-state index contributed by atoms with van der Waals surface area (Å²) in [6, 6.07) is 1.77. The smallest absolute Gasteiger partial charge is 0.307 e. The highest BCUT2D eigenvalue weighted by molar-refractivity contribution is 6.31. The number of carboxylic acids is 1. The molecule has 1 fully saturated rings. The molecule has 1 saturated carbocycles. The molecule has 1 aliphatic rings. The molecule has 0 radical (unpaired) electrons. The lowest BCUT2D eigenvalue weighted by Gasteiger charge is -1.96. The average Bonchev–Trinajstić information content (AvgIpc) is 2.53. The summed E-state index contributed by atoms with van der Waals surface area (Å²) in [7, 11) is 0. The van der Waals surface area contributed by atoms with Crippen LogP contribution in [0.2, 0.25) is 0 Å². The molecule has 0 aromatic carbocycles. The van der Waals surface area contributed by atoms with Crippen LogP contribution < -0.4 is 0 Å². The van der Waals surface area contributed by atoms with Crippen LogP contribution >= 0.6 is 11.6 Å². The Kier molecular flexibility index (Phi) is 2.36. The van der Waals surface area contributed by atoms with Crippen LogP contribution in [0, 0.1) is 28.6 Å². The highest BCUT2D eigenvalue weighted by Gasteiger charge is 2.61. The van der Waals surface area contributed by atoms with E-state index < -0.39 is 11.9 Å². The molecule has 0 heterocycles. The molecule has 0 aromatic rings. The SMILES string of the molecule is CC1(C)[C@H](/C=C(/Cl)C#N)[C@H]1C(=O)O. The minimum absolute atomic E-state index is 0.0711. The van der Waals surface area contributed by atoms with E-state index in [2.05, 4.69) is 0 Å². The first-order valence-electron chi connectivity index (χ1n) is 3.91. The number of carboxylic acid groups (broad SMARTS) is 1. The monoisotopic (exact) mass is 199 g/mol. The number of aliphatic carboxylic acids is 1. The molecule has 0 aromatic heterocycles. The number of carbonyl (C=O) groups is 1. The van der Waals surface area contributed by atoms with Gasteiger partial charge >= 0.3 is 5.97 Å². The summed E-state index contributed by atoms with van der Waals surface area (Å²) in [6.45, 7) is 3.71. The van der Waals surface area contributed by atoms with Crippen LogP contribution in [0.15, 0.2) is 11.1 Å². The summed E-state index contributed by atoms with van der Waals surface area (Å²) in [4.78, 5) is 10.7. The lowest BCUT2D eigenvalue weighted by Crippen LogP contribution is -2.02. The molecule has 2 atom stereocenters. The summed E-state index contributed by atoms with van der Waals surface area (Å²) in [5, 5.41) is 17.3. The van der Waals surface area contributed by atoms with Crippen LogP contribution in [-0.4, -0.2) is 11.1 Å². The Bertz CT molecular complexity index is 314. The molecule has 1 rings (SSSR count). The van der Waals surface area contributed by atoms with Crippen molar-refractivity contribution in [2.75, 3.05) is 0 Å². The van der Waals surface area contributed by atoms with Crippen molar-refractivity contribution < 1.29 is 9.90 Å². The van der Waals surface area contributed by atoms with Gasteiger partial charge in [-0.3, -0.25) is 4.79 Å². The van der Waals surface area contributed by atoms with Gasteiger partial charge in [0, 0.05) is 0 Å². The second-order valence-corrected chi connectivity index (χ2v) is 4.20. The standard InChI is InChI=1S/C9H10ClNO2/c1-9(2)6(3-5(10)4-11)7(9)8(12)13/h3,6-7H,1-2H3,(H,12,13)/b5-3+/t6-,7+/m1/s1. The van der Waals surface area contributed by atoms with E-state index in [1.54, 1.807) is 6.07 Å². The molecule has 13 heavy (non-hydrogen) atoms. The van der Waals surface area contributed by atoms with Gasteiger partial charge < -0.3 is 5.11 Å². The number of rotatable bonds is 2. The molecule has 3 nitrogen and oxygen atoms in total. The van der Waals surface area contributed by atoms with Gasteiger partial charge in [0.2, 0.25) is 0 Å². The third kappa shape index (κ3) is 1.68. The molecule has 4 heteroatoms. The predicted molar refractivity (Wildman–Crippen MR) is 47.9 cm³/mol. The summed E-state index contributed by atoms with van der Waals surface area (Å²) >= 11 is 5.50. The van der Waals surface area contributed by atoms with E-state index in [9.17, 15) is 4.79 Å². The maximum Gasteiger partial charge on any atom is 0.307 e. The van der Waals surface area contributed by atoms with E-state index in [1.165, 1.54) is 6.08 Å². The fourth-order valence-corrected chi connectivity index (χ4v) is 1.79. The molecule has 0 bridgehead atoms. The van der Waals surface area contributed by atoms with Gasteiger partial charge in [0.15, 0.2) is 0 Å². The van der Waals surface area contributed by atoms with Gasteiger partial charge in [-0.2, -0.15) is 5.26 Å². The van der Waals surface area contributed by atoms with Crippen LogP contribution in [0.5, 0.6) is 0 Å². The Morgan fingerprint density at radius 1 is 1.69 bits per heavy atom. The van der Waals surface area contributed by atoms with E-state index in [1.807, 2.05) is 13.8 Å². The number of nitriles is 1. The Morgan fingerprint density at radius 2 is 2.23 bits per heavy atom. The first-order valence-corrected chi connectivity index (χ1v) is 4.29. The molecule has 0 aliphatic heterocycles. The Morgan fingerprint density at radius 3 is 2.54 bits per heavy atom. The summed E-state index contributed by atoms with van der Waals surface area (Å²) in [6.07, 6.45) is 1.53. The fraction of sp³-hybridized carbons (Fsp3) is 0.556. The Hall–Kier alpha value is -1.01. The molecule has 0 unspecified atom stereocenters. The van der Waals surface area contributed by atoms with Gasteiger partial charge in [0.25, 0.3) is 0 Å². The predicted octanol–water partition coefficient (Wildman–Crippen LogP) is 1.99. The highest BCUT2D eigenvalue weighted by atomic mass is 35.5. The normalized spacial score (nSPS) is 30.8. The van der Waals surface area contributed by atoms with E-state index in [-0.39, 0.29) is 16.4 Å². The topological polar surface area (TPSA) is 61.1 Å². The minimum Gasteiger partial charge on any atom is -0.481 e. The van der Waals surface area contributed by atoms with Gasteiger partial charge in [-0.15, -0.1) is 0 Å². The minimum atomic E-state index is -0.825. The van der Waals surface area contributed by atoms with Gasteiger partial charge in [-0.1, -0.05) is 31.5 Å². The first kappa shape index (κ1) is 10.1. The number of hydrogen-bond acceptors (Lipinski definition) is 2. The molecular weight excluding hydrogens is 190 g/mol. The number of halogens is 1. The van der Waals surface area contributed by atoms with Crippen molar-refractivity contribution in [1.82, 2.24) is 0 Å². The first-order chi connectivity index (χ1) is 5.91. The summed E-state index contributed by atoms with van der Waals surface area (Å²) < 4.78 is 0. The maximum absolute atomic E-state index is 10.7. The number of hydrogen-bond donors (Lipinski definition) is 1. The van der Waals surface area contributed by atoms with E-state index in [4.69, 9.17) is 22.0 Å². The van der Waals surface area contributed by atoms with Gasteiger partial charge in [0.05, 0.1) is 5.92 Å². The second kappa shape index (κ2) is 3.04. The van der Waals surface area contributed by atoms with E-state index in [0.717, 1.165) is 0 Å². The van der Waals surface area contributed by atoms with Gasteiger partial charge in [0.1, 0.15) is 11.1 Å². The lowest BCUT2D eigenvalue weighted by atomic mass is 10.1. The van der Waals surface area contributed by atoms with Gasteiger partial charge in [-0.25, -0.2) is 0 Å². The largest absolute Gasteiger partial charge is 0.481 e. The molecule has 0 amide bonds. The van der Waals surface area contributed by atoms with Crippen LogP contribution in [0.1, 0.15) is 13.8 Å². The quantitative estimate of drug-likeness (QED) is 0.692. The third-order valence-corrected chi connectivity index (χ3v) is 2.82. The summed E-state index contributed by atoms with van der Waals surface area (Å²) in [5.74, 6) is -1.35. The van der Waals surface area contributed by atoms with Crippen LogP contribution in [0.4, 0.5) is 0 Å². The van der Waals surface area contributed by atoms with Crippen LogP contribution in [-0.2, 0) is 4.79 Å². The Labute approximate surface area is 81.6 Å². The van der Waals surface area contributed by atoms with Crippen molar-refractivity contribution in [3.63, 3.8) is 0 Å². The molecule has 1 N–H and O–H groups in total. The van der Waals surface area contributed by atoms with Crippen molar-refractivity contribution in [2.45, 2.75) is 13.8 Å². The van der Waals surface area contributed by atoms with Crippen molar-refractivity contribution in [2.24, 2.45) is 17.3 Å². The molecule has 0 saturated heterocycles. The molecule has 70 valence electrons. The maximum atomic E-state index is 10.7. The highest BCUT2D eigenvalue weighted by Crippen LogP contribution is 2.59. The van der Waals surface area contributed by atoms with Crippen molar-refractivity contribution >= 4 is 17.6 Å². The van der Waals surface area contributed by atoms with Gasteiger partial charge in [-0.05, 0) is 11.3 Å². The van der Waals surface area contributed by atoms with Crippen molar-refractivity contribution in [1.29, 1.82) is 5.26 Å². The number of nitrogens with zero attached hydrogens (tertiary/aromatic N) is 1. The summed E-state index contributed by atoms with van der Waals surface area (Å²) in [5.41, 5.74) is -0.275. The number of allylic oxidation sites excluding steroid dienone is 2. The molecule has 0 spiro atoms. The van der Waals surface area contributed by atoms with E-state index in [0.29, 0.717) is 0 Å².